The molecule has 1 aromatic carbocycles. The van der Waals surface area contributed by atoms with Gasteiger partial charge in [-0.3, -0.25) is 14.4 Å². The molecule has 0 N–H and O–H groups in total. The summed E-state index contributed by atoms with van der Waals surface area (Å²) in [5, 5.41) is 9.48. The largest absolute Gasteiger partial charge is 0.272 e. The molecule has 1 aliphatic heterocycles. The predicted octanol–water partition coefficient (Wildman–Crippen LogP) is 1.65. The van der Waals surface area contributed by atoms with Gasteiger partial charge in [-0.2, -0.15) is 10.3 Å². The molecule has 0 atom stereocenters. The number of hydroxylamine groups is 2. The van der Waals surface area contributed by atoms with Crippen molar-refractivity contribution in [3.63, 3.8) is 0 Å². The molecule has 0 unspecified atom stereocenters. The summed E-state index contributed by atoms with van der Waals surface area (Å²) in [6, 6.07) is 9.08. The molecule has 1 aromatic rings. The molecule has 0 aliphatic carbocycles. The second-order valence-electron chi connectivity index (χ2n) is 4.01. The Morgan fingerprint density at radius 3 is 2.42 bits per heavy atom. The van der Waals surface area contributed by atoms with Crippen LogP contribution in [0.1, 0.15) is 24.0 Å². The zero-order chi connectivity index (χ0) is 13.7. The molecular formula is C14H12N2O3. The van der Waals surface area contributed by atoms with Gasteiger partial charge in [0.05, 0.1) is 18.2 Å². The highest BCUT2D eigenvalue weighted by Gasteiger charge is 2.29. The zero-order valence-electron chi connectivity index (χ0n) is 10.2. The third-order valence-corrected chi connectivity index (χ3v) is 2.66. The van der Waals surface area contributed by atoms with Crippen LogP contribution in [0.2, 0.25) is 0 Å². The van der Waals surface area contributed by atoms with E-state index in [0.717, 1.165) is 10.6 Å². The first-order chi connectivity index (χ1) is 9.20. The van der Waals surface area contributed by atoms with Crippen molar-refractivity contribution in [1.82, 2.24) is 5.06 Å². The summed E-state index contributed by atoms with van der Waals surface area (Å²) >= 11 is 0. The number of nitriles is 1. The van der Waals surface area contributed by atoms with Crippen molar-refractivity contribution in [3.05, 3.63) is 41.5 Å². The first kappa shape index (κ1) is 13.0. The molecule has 19 heavy (non-hydrogen) atoms. The van der Waals surface area contributed by atoms with Gasteiger partial charge < -0.3 is 0 Å². The Kier molecular flexibility index (Phi) is 4.06. The number of hydrogen-bond donors (Lipinski definition) is 0. The van der Waals surface area contributed by atoms with Crippen LogP contribution in [-0.4, -0.2) is 23.5 Å². The number of carbonyl (C=O) groups excluding carboxylic acids is 2. The first-order valence-electron chi connectivity index (χ1n) is 5.86. The molecule has 1 fully saturated rings. The maximum Gasteiger partial charge on any atom is 0.254 e. The summed E-state index contributed by atoms with van der Waals surface area (Å²) in [5.74, 6) is -0.589. The van der Waals surface area contributed by atoms with E-state index in [4.69, 9.17) is 10.1 Å². The van der Waals surface area contributed by atoms with Crippen LogP contribution >= 0.6 is 0 Å². The van der Waals surface area contributed by atoms with Crippen LogP contribution < -0.4 is 0 Å². The molecular weight excluding hydrogens is 244 g/mol. The fraction of sp³-hybridized carbons (Fsp3) is 0.214. The lowest BCUT2D eigenvalue weighted by molar-refractivity contribution is -0.184. The van der Waals surface area contributed by atoms with Gasteiger partial charge >= 0.3 is 0 Å². The van der Waals surface area contributed by atoms with Crippen LogP contribution in [0, 0.1) is 11.3 Å². The molecule has 1 saturated heterocycles. The Labute approximate surface area is 110 Å². The van der Waals surface area contributed by atoms with E-state index in [1.54, 1.807) is 36.4 Å². The van der Waals surface area contributed by atoms with Gasteiger partial charge in [0.25, 0.3) is 11.8 Å². The smallest absolute Gasteiger partial charge is 0.254 e. The number of carbonyl (C=O) groups is 2. The topological polar surface area (TPSA) is 70.4 Å². The molecule has 0 bridgehead atoms. The van der Waals surface area contributed by atoms with Crippen LogP contribution in [0.3, 0.4) is 0 Å². The molecule has 96 valence electrons. The quantitative estimate of drug-likeness (QED) is 0.768. The van der Waals surface area contributed by atoms with Crippen molar-refractivity contribution >= 4 is 17.9 Å². The SMILES string of the molecule is N#Cc1ccc(/C=C/CON2C(=O)CCC2=O)cc1. The van der Waals surface area contributed by atoms with Crippen LogP contribution in [0.5, 0.6) is 0 Å². The fourth-order valence-electron chi connectivity index (χ4n) is 1.67. The van der Waals surface area contributed by atoms with Gasteiger partial charge in [0, 0.05) is 12.8 Å². The van der Waals surface area contributed by atoms with Crippen molar-refractivity contribution in [1.29, 1.82) is 5.26 Å². The minimum Gasteiger partial charge on any atom is -0.272 e. The number of amides is 2. The second-order valence-corrected chi connectivity index (χ2v) is 4.01. The second kappa shape index (κ2) is 5.94. The third kappa shape index (κ3) is 3.27. The predicted molar refractivity (Wildman–Crippen MR) is 67.2 cm³/mol. The number of benzene rings is 1. The lowest BCUT2D eigenvalue weighted by Crippen LogP contribution is -2.29. The Bertz CT molecular complexity index is 539. The van der Waals surface area contributed by atoms with E-state index in [-0.39, 0.29) is 31.3 Å². The fourth-order valence-corrected chi connectivity index (χ4v) is 1.67. The van der Waals surface area contributed by atoms with Crippen molar-refractivity contribution in [2.75, 3.05) is 6.61 Å². The van der Waals surface area contributed by atoms with Gasteiger partial charge in [-0.25, -0.2) is 0 Å². The first-order valence-corrected chi connectivity index (χ1v) is 5.86. The molecule has 0 spiro atoms. The van der Waals surface area contributed by atoms with Crippen LogP contribution in [0.15, 0.2) is 30.3 Å². The van der Waals surface area contributed by atoms with Gasteiger partial charge in [0.2, 0.25) is 0 Å². The number of rotatable bonds is 4. The monoisotopic (exact) mass is 256 g/mol. The zero-order valence-corrected chi connectivity index (χ0v) is 10.2. The van der Waals surface area contributed by atoms with Crippen LogP contribution in [-0.2, 0) is 14.4 Å². The molecule has 0 saturated carbocycles. The summed E-state index contributed by atoms with van der Waals surface area (Å²) in [4.78, 5) is 27.6. The van der Waals surface area contributed by atoms with E-state index in [0.29, 0.717) is 5.56 Å². The Balaban J connectivity index is 1.85. The van der Waals surface area contributed by atoms with Gasteiger partial charge in [-0.05, 0) is 17.7 Å². The summed E-state index contributed by atoms with van der Waals surface area (Å²) in [7, 11) is 0. The van der Waals surface area contributed by atoms with E-state index < -0.39 is 0 Å². The molecule has 5 heteroatoms. The van der Waals surface area contributed by atoms with E-state index in [1.165, 1.54) is 0 Å². The van der Waals surface area contributed by atoms with Crippen molar-refractivity contribution in [2.24, 2.45) is 0 Å². The lowest BCUT2D eigenvalue weighted by atomic mass is 10.1. The average Bonchev–Trinajstić information content (AvgIpc) is 2.75. The highest BCUT2D eigenvalue weighted by atomic mass is 16.7. The highest BCUT2D eigenvalue weighted by Crippen LogP contribution is 2.12. The molecule has 5 nitrogen and oxygen atoms in total. The van der Waals surface area contributed by atoms with E-state index in [9.17, 15) is 9.59 Å². The minimum absolute atomic E-state index is 0.150. The summed E-state index contributed by atoms with van der Waals surface area (Å²) in [6.45, 7) is 0.150. The summed E-state index contributed by atoms with van der Waals surface area (Å²) < 4.78 is 0. The summed E-state index contributed by atoms with van der Waals surface area (Å²) in [6.07, 6.45) is 3.95. The number of hydrogen-bond acceptors (Lipinski definition) is 4. The minimum atomic E-state index is -0.295. The Morgan fingerprint density at radius 2 is 1.84 bits per heavy atom. The van der Waals surface area contributed by atoms with Gasteiger partial charge in [-0.1, -0.05) is 24.3 Å². The van der Waals surface area contributed by atoms with Crippen LogP contribution in [0.25, 0.3) is 6.08 Å². The maximum absolute atomic E-state index is 11.2. The summed E-state index contributed by atoms with van der Waals surface area (Å²) in [5.41, 5.74) is 1.52. The Morgan fingerprint density at radius 1 is 1.21 bits per heavy atom. The number of imide groups is 1. The standard InChI is InChI=1S/C14H12N2O3/c15-10-12-5-3-11(4-6-12)2-1-9-19-16-13(17)7-8-14(16)18/h1-6H,7-9H2/b2-1+. The number of nitrogens with zero attached hydrogens (tertiary/aromatic N) is 2. The van der Waals surface area contributed by atoms with Crippen LogP contribution in [0.4, 0.5) is 0 Å². The van der Waals surface area contributed by atoms with E-state index in [2.05, 4.69) is 0 Å². The van der Waals surface area contributed by atoms with Gasteiger partial charge in [0.15, 0.2) is 0 Å². The molecule has 1 aliphatic rings. The molecule has 2 amide bonds. The van der Waals surface area contributed by atoms with Crippen molar-refractivity contribution in [3.8, 4) is 6.07 Å². The van der Waals surface area contributed by atoms with Gasteiger partial charge in [0.1, 0.15) is 0 Å². The normalized spacial score (nSPS) is 15.2. The molecule has 1 heterocycles. The molecule has 0 aromatic heterocycles. The van der Waals surface area contributed by atoms with E-state index in [1.807, 2.05) is 6.07 Å². The third-order valence-electron chi connectivity index (χ3n) is 2.66. The lowest BCUT2D eigenvalue weighted by Gasteiger charge is -2.10. The van der Waals surface area contributed by atoms with E-state index >= 15 is 0 Å². The van der Waals surface area contributed by atoms with Gasteiger partial charge in [-0.15, -0.1) is 0 Å². The molecule has 2 rings (SSSR count). The van der Waals surface area contributed by atoms with Crippen molar-refractivity contribution < 1.29 is 14.4 Å². The maximum atomic E-state index is 11.2. The highest BCUT2D eigenvalue weighted by molar-refractivity contribution is 6.00. The van der Waals surface area contributed by atoms with Crippen molar-refractivity contribution in [2.45, 2.75) is 12.8 Å². The molecule has 0 radical (unpaired) electrons. The Hall–Kier alpha value is -2.45. The average molecular weight is 256 g/mol.